The van der Waals surface area contributed by atoms with E-state index < -0.39 is 9.84 Å². The molecule has 0 N–H and O–H groups in total. The van der Waals surface area contributed by atoms with Crippen LogP contribution in [0.5, 0.6) is 0 Å². The fourth-order valence-electron chi connectivity index (χ4n) is 3.92. The van der Waals surface area contributed by atoms with Crippen LogP contribution in [0.4, 0.5) is 17.6 Å². The zero-order chi connectivity index (χ0) is 23.6. The van der Waals surface area contributed by atoms with E-state index in [9.17, 15) is 13.2 Å². The second-order valence-electron chi connectivity index (χ2n) is 8.31. The molecule has 4 rings (SSSR count). The van der Waals surface area contributed by atoms with Gasteiger partial charge >= 0.3 is 0 Å². The standard InChI is InChI=1S/C21H29N7O4S/c1-25(2)20-22-15-23-21(24-20)28-8-6-27(7-9-28)19(29)17-14-16(33(3,30)31)4-5-18(17)26-10-12-32-13-11-26/h4-5,14-15H,6-13H2,1-3H3. The fourth-order valence-corrected chi connectivity index (χ4v) is 4.57. The Hall–Kier alpha value is -2.99. The molecular formula is C21H29N7O4S. The second kappa shape index (κ2) is 9.48. The summed E-state index contributed by atoms with van der Waals surface area (Å²) < 4.78 is 29.8. The van der Waals surface area contributed by atoms with E-state index >= 15 is 0 Å². The lowest BCUT2D eigenvalue weighted by Gasteiger charge is -2.36. The molecule has 3 heterocycles. The molecule has 0 bridgehead atoms. The summed E-state index contributed by atoms with van der Waals surface area (Å²) in [5.41, 5.74) is 1.15. The van der Waals surface area contributed by atoms with Crippen molar-refractivity contribution < 1.29 is 17.9 Å². The zero-order valence-electron chi connectivity index (χ0n) is 19.1. The molecule has 2 aliphatic heterocycles. The maximum absolute atomic E-state index is 13.5. The molecule has 0 spiro atoms. The van der Waals surface area contributed by atoms with E-state index in [-0.39, 0.29) is 10.8 Å². The van der Waals surface area contributed by atoms with E-state index in [1.807, 2.05) is 23.9 Å². The Labute approximate surface area is 193 Å². The number of hydrogen-bond acceptors (Lipinski definition) is 10. The van der Waals surface area contributed by atoms with Crippen molar-refractivity contribution in [2.45, 2.75) is 4.90 Å². The van der Waals surface area contributed by atoms with E-state index in [1.54, 1.807) is 17.0 Å². The first kappa shape index (κ1) is 23.2. The first-order valence-corrected chi connectivity index (χ1v) is 12.7. The Morgan fingerprint density at radius 3 is 2.33 bits per heavy atom. The number of rotatable bonds is 5. The number of carbonyl (C=O) groups excluding carboxylic acids is 1. The van der Waals surface area contributed by atoms with E-state index in [4.69, 9.17) is 4.74 Å². The Morgan fingerprint density at radius 2 is 1.70 bits per heavy atom. The first-order chi connectivity index (χ1) is 15.7. The van der Waals surface area contributed by atoms with Crippen LogP contribution in [-0.2, 0) is 14.6 Å². The molecule has 2 aromatic rings. The summed E-state index contributed by atoms with van der Waals surface area (Å²) in [4.78, 5) is 34.3. The van der Waals surface area contributed by atoms with Crippen LogP contribution in [0.1, 0.15) is 10.4 Å². The van der Waals surface area contributed by atoms with E-state index in [1.165, 1.54) is 12.4 Å². The molecular weight excluding hydrogens is 446 g/mol. The third-order valence-electron chi connectivity index (χ3n) is 5.77. The molecule has 1 amide bonds. The van der Waals surface area contributed by atoms with Crippen LogP contribution < -0.4 is 14.7 Å². The van der Waals surface area contributed by atoms with Crippen molar-refractivity contribution in [2.24, 2.45) is 0 Å². The van der Waals surface area contributed by atoms with E-state index in [0.717, 1.165) is 11.9 Å². The molecule has 0 aliphatic carbocycles. The summed E-state index contributed by atoms with van der Waals surface area (Å²) in [6.07, 6.45) is 2.64. The minimum absolute atomic E-state index is 0.142. The molecule has 12 heteroatoms. The number of sulfone groups is 1. The van der Waals surface area contributed by atoms with Gasteiger partial charge in [-0.1, -0.05) is 0 Å². The van der Waals surface area contributed by atoms with Gasteiger partial charge in [-0.05, 0) is 18.2 Å². The van der Waals surface area contributed by atoms with Crippen LogP contribution in [-0.4, -0.2) is 107 Å². The topological polar surface area (TPSA) is 112 Å². The molecule has 0 saturated carbocycles. The summed E-state index contributed by atoms with van der Waals surface area (Å²) >= 11 is 0. The quantitative estimate of drug-likeness (QED) is 0.592. The van der Waals surface area contributed by atoms with Crippen molar-refractivity contribution in [3.63, 3.8) is 0 Å². The van der Waals surface area contributed by atoms with Gasteiger partial charge in [0.15, 0.2) is 9.84 Å². The minimum Gasteiger partial charge on any atom is -0.378 e. The van der Waals surface area contributed by atoms with E-state index in [2.05, 4.69) is 19.9 Å². The molecule has 1 aromatic heterocycles. The van der Waals surface area contributed by atoms with Crippen LogP contribution in [0.25, 0.3) is 0 Å². The van der Waals surface area contributed by atoms with Crippen molar-refractivity contribution in [2.75, 3.05) is 87.5 Å². The van der Waals surface area contributed by atoms with Gasteiger partial charge in [0.2, 0.25) is 11.9 Å². The number of amides is 1. The number of hydrogen-bond donors (Lipinski definition) is 0. The Morgan fingerprint density at radius 1 is 1.00 bits per heavy atom. The predicted molar refractivity (Wildman–Crippen MR) is 125 cm³/mol. The largest absolute Gasteiger partial charge is 0.378 e. The summed E-state index contributed by atoms with van der Waals surface area (Å²) in [6, 6.07) is 4.81. The molecule has 33 heavy (non-hydrogen) atoms. The maximum Gasteiger partial charge on any atom is 0.256 e. The smallest absolute Gasteiger partial charge is 0.256 e. The highest BCUT2D eigenvalue weighted by atomic mass is 32.2. The number of nitrogens with zero attached hydrogens (tertiary/aromatic N) is 7. The maximum atomic E-state index is 13.5. The second-order valence-corrected chi connectivity index (χ2v) is 10.3. The lowest BCUT2D eigenvalue weighted by atomic mass is 10.1. The highest BCUT2D eigenvalue weighted by Gasteiger charge is 2.28. The van der Waals surface area contributed by atoms with Crippen LogP contribution >= 0.6 is 0 Å². The van der Waals surface area contributed by atoms with Gasteiger partial charge in [-0.2, -0.15) is 4.98 Å². The van der Waals surface area contributed by atoms with Crippen molar-refractivity contribution >= 4 is 33.3 Å². The number of morpholine rings is 1. The normalized spacial score (nSPS) is 17.2. The number of ether oxygens (including phenoxy) is 1. The Bertz CT molecular complexity index is 1110. The minimum atomic E-state index is -3.44. The van der Waals surface area contributed by atoms with Gasteiger partial charge in [-0.25, -0.2) is 18.4 Å². The average molecular weight is 476 g/mol. The molecule has 2 saturated heterocycles. The Kier molecular flexibility index (Phi) is 6.66. The number of anilines is 3. The van der Waals surface area contributed by atoms with Gasteiger partial charge in [0, 0.05) is 65.3 Å². The molecule has 1 aromatic carbocycles. The third-order valence-corrected chi connectivity index (χ3v) is 6.88. The molecule has 11 nitrogen and oxygen atoms in total. The molecule has 2 fully saturated rings. The van der Waals surface area contributed by atoms with Gasteiger partial charge in [0.05, 0.1) is 23.7 Å². The summed E-state index contributed by atoms with van der Waals surface area (Å²) in [6.45, 7) is 4.55. The van der Waals surface area contributed by atoms with Crippen LogP contribution in [0.3, 0.4) is 0 Å². The SMILES string of the molecule is CN(C)c1ncnc(N2CCN(C(=O)c3cc(S(C)(=O)=O)ccc3N3CCOCC3)CC2)n1. The lowest BCUT2D eigenvalue weighted by molar-refractivity contribution is 0.0745. The fraction of sp³-hybridized carbons (Fsp3) is 0.524. The molecule has 0 radical (unpaired) electrons. The van der Waals surface area contributed by atoms with Crippen molar-refractivity contribution in [3.8, 4) is 0 Å². The van der Waals surface area contributed by atoms with Gasteiger partial charge in [0.1, 0.15) is 6.33 Å². The number of aromatic nitrogens is 3. The van der Waals surface area contributed by atoms with Crippen molar-refractivity contribution in [1.82, 2.24) is 19.9 Å². The van der Waals surface area contributed by atoms with Crippen LogP contribution in [0.2, 0.25) is 0 Å². The molecule has 2 aliphatic rings. The van der Waals surface area contributed by atoms with Gasteiger partial charge in [-0.15, -0.1) is 0 Å². The highest BCUT2D eigenvalue weighted by molar-refractivity contribution is 7.90. The first-order valence-electron chi connectivity index (χ1n) is 10.8. The van der Waals surface area contributed by atoms with Crippen molar-refractivity contribution in [1.29, 1.82) is 0 Å². The summed E-state index contributed by atoms with van der Waals surface area (Å²) in [5, 5.41) is 0. The highest BCUT2D eigenvalue weighted by Crippen LogP contribution is 2.27. The van der Waals surface area contributed by atoms with Crippen LogP contribution in [0, 0.1) is 0 Å². The average Bonchev–Trinajstić information content (AvgIpc) is 2.83. The van der Waals surface area contributed by atoms with E-state index in [0.29, 0.717) is 69.9 Å². The summed E-state index contributed by atoms with van der Waals surface area (Å²) in [7, 11) is 0.293. The number of piperazine rings is 1. The van der Waals surface area contributed by atoms with Gasteiger partial charge < -0.3 is 24.3 Å². The monoisotopic (exact) mass is 475 g/mol. The zero-order valence-corrected chi connectivity index (χ0v) is 20.0. The van der Waals surface area contributed by atoms with Crippen molar-refractivity contribution in [3.05, 3.63) is 30.1 Å². The van der Waals surface area contributed by atoms with Crippen LogP contribution in [0.15, 0.2) is 29.4 Å². The van der Waals surface area contributed by atoms with Gasteiger partial charge in [0.25, 0.3) is 5.91 Å². The molecule has 0 atom stereocenters. The number of benzene rings is 1. The number of carbonyl (C=O) groups is 1. The lowest BCUT2D eigenvalue weighted by Crippen LogP contribution is -2.49. The molecule has 178 valence electrons. The Balaban J connectivity index is 1.54. The summed E-state index contributed by atoms with van der Waals surface area (Å²) in [5.74, 6) is 0.978. The third kappa shape index (κ3) is 5.17. The predicted octanol–water partition coefficient (Wildman–Crippen LogP) is 0.140. The molecule has 0 unspecified atom stereocenters. The van der Waals surface area contributed by atoms with Gasteiger partial charge in [-0.3, -0.25) is 4.79 Å².